The van der Waals surface area contributed by atoms with Crippen molar-refractivity contribution in [3.63, 3.8) is 0 Å². The maximum absolute atomic E-state index is 10.1. The molecule has 17 heavy (non-hydrogen) atoms. The molecular weight excluding hydrogens is 218 g/mol. The molecule has 2 atom stereocenters. The molecule has 0 aliphatic heterocycles. The lowest BCUT2D eigenvalue weighted by Crippen LogP contribution is -2.47. The molecule has 1 saturated carbocycles. The van der Waals surface area contributed by atoms with E-state index in [9.17, 15) is 5.11 Å². The molecule has 0 radical (unpaired) electrons. The fraction of sp³-hybridized carbons (Fsp3) is 1.00. The zero-order valence-corrected chi connectivity index (χ0v) is 11.2. The number of nitrogens with zero attached hydrogens (tertiary/aromatic N) is 1. The Balaban J connectivity index is 2.41. The molecule has 4 nitrogen and oxygen atoms in total. The van der Waals surface area contributed by atoms with Crippen LogP contribution >= 0.6 is 0 Å². The van der Waals surface area contributed by atoms with Gasteiger partial charge in [0.25, 0.3) is 0 Å². The minimum atomic E-state index is -0.164. The van der Waals surface area contributed by atoms with E-state index in [1.165, 1.54) is 6.42 Å². The summed E-state index contributed by atoms with van der Waals surface area (Å²) >= 11 is 0. The van der Waals surface area contributed by atoms with Crippen molar-refractivity contribution in [2.45, 2.75) is 44.2 Å². The number of ether oxygens (including phenoxy) is 2. The molecular formula is C13H27NO3. The molecule has 0 amide bonds. The average Bonchev–Trinajstić information content (AvgIpc) is 2.35. The molecule has 0 bridgehead atoms. The average molecular weight is 245 g/mol. The zero-order chi connectivity index (χ0) is 12.5. The van der Waals surface area contributed by atoms with Gasteiger partial charge >= 0.3 is 0 Å². The molecule has 1 N–H and O–H groups in total. The maximum atomic E-state index is 10.1. The van der Waals surface area contributed by atoms with E-state index in [0.717, 1.165) is 52.0 Å². The molecule has 4 heteroatoms. The Labute approximate surface area is 105 Å². The van der Waals surface area contributed by atoms with Gasteiger partial charge in [-0.25, -0.2) is 0 Å². The lowest BCUT2D eigenvalue weighted by Gasteiger charge is -2.37. The first kappa shape index (κ1) is 14.9. The summed E-state index contributed by atoms with van der Waals surface area (Å²) in [5.41, 5.74) is 0. The van der Waals surface area contributed by atoms with Gasteiger partial charge in [0.2, 0.25) is 0 Å². The standard InChI is InChI=1S/C13H27NO3/c1-16-10-5-8-14(9-11-17-2)12-6-3-4-7-13(12)15/h12-13,15H,3-11H2,1-2H3/t12-,13-/m1/s1. The fourth-order valence-electron chi connectivity index (χ4n) is 2.58. The molecule has 0 spiro atoms. The molecule has 0 unspecified atom stereocenters. The quantitative estimate of drug-likeness (QED) is 0.654. The van der Waals surface area contributed by atoms with Crippen LogP contribution in [0.25, 0.3) is 0 Å². The summed E-state index contributed by atoms with van der Waals surface area (Å²) in [5, 5.41) is 10.1. The Morgan fingerprint density at radius 2 is 1.76 bits per heavy atom. The first-order chi connectivity index (χ1) is 8.29. The Hall–Kier alpha value is -0.160. The van der Waals surface area contributed by atoms with Crippen LogP contribution in [0.1, 0.15) is 32.1 Å². The summed E-state index contributed by atoms with van der Waals surface area (Å²) in [6.07, 6.45) is 5.30. The summed E-state index contributed by atoms with van der Waals surface area (Å²) in [4.78, 5) is 2.37. The summed E-state index contributed by atoms with van der Waals surface area (Å²) in [7, 11) is 3.46. The van der Waals surface area contributed by atoms with Gasteiger partial charge in [-0.05, 0) is 19.3 Å². The molecule has 0 aromatic rings. The van der Waals surface area contributed by atoms with Crippen LogP contribution in [0.15, 0.2) is 0 Å². The van der Waals surface area contributed by atoms with Crippen LogP contribution in [-0.2, 0) is 9.47 Å². The normalized spacial score (nSPS) is 25.4. The Kier molecular flexibility index (Phi) is 7.77. The second-order valence-electron chi connectivity index (χ2n) is 4.79. The van der Waals surface area contributed by atoms with Gasteiger partial charge in [-0.2, -0.15) is 0 Å². The van der Waals surface area contributed by atoms with Crippen molar-refractivity contribution < 1.29 is 14.6 Å². The fourth-order valence-corrected chi connectivity index (χ4v) is 2.58. The highest BCUT2D eigenvalue weighted by atomic mass is 16.5. The van der Waals surface area contributed by atoms with E-state index in [0.29, 0.717) is 6.04 Å². The first-order valence-electron chi connectivity index (χ1n) is 6.69. The number of aliphatic hydroxyl groups is 1. The van der Waals surface area contributed by atoms with E-state index in [1.807, 2.05) is 0 Å². The van der Waals surface area contributed by atoms with Crippen molar-refractivity contribution in [1.29, 1.82) is 0 Å². The van der Waals surface area contributed by atoms with Crippen LogP contribution in [-0.4, -0.2) is 62.7 Å². The minimum absolute atomic E-state index is 0.164. The van der Waals surface area contributed by atoms with Crippen LogP contribution in [0, 0.1) is 0 Å². The summed E-state index contributed by atoms with van der Waals surface area (Å²) in [6.45, 7) is 3.41. The van der Waals surface area contributed by atoms with Gasteiger partial charge < -0.3 is 14.6 Å². The second kappa shape index (κ2) is 8.86. The van der Waals surface area contributed by atoms with Crippen LogP contribution in [0.2, 0.25) is 0 Å². The second-order valence-corrected chi connectivity index (χ2v) is 4.79. The van der Waals surface area contributed by atoms with E-state index in [-0.39, 0.29) is 6.10 Å². The zero-order valence-electron chi connectivity index (χ0n) is 11.2. The smallest absolute Gasteiger partial charge is 0.0695 e. The third kappa shape index (κ3) is 5.34. The molecule has 1 aliphatic rings. The van der Waals surface area contributed by atoms with Crippen molar-refractivity contribution in [3.05, 3.63) is 0 Å². The highest BCUT2D eigenvalue weighted by Gasteiger charge is 2.28. The summed E-state index contributed by atoms with van der Waals surface area (Å²) in [6, 6.07) is 0.316. The number of hydrogen-bond acceptors (Lipinski definition) is 4. The Bertz CT molecular complexity index is 190. The highest BCUT2D eigenvalue weighted by molar-refractivity contribution is 4.83. The van der Waals surface area contributed by atoms with E-state index in [4.69, 9.17) is 9.47 Å². The van der Waals surface area contributed by atoms with Gasteiger partial charge in [-0.1, -0.05) is 12.8 Å². The van der Waals surface area contributed by atoms with Crippen molar-refractivity contribution in [3.8, 4) is 0 Å². The van der Waals surface area contributed by atoms with Crippen molar-refractivity contribution in [2.75, 3.05) is 40.5 Å². The lowest BCUT2D eigenvalue weighted by atomic mass is 9.91. The number of aliphatic hydroxyl groups excluding tert-OH is 1. The Morgan fingerprint density at radius 3 is 2.41 bits per heavy atom. The van der Waals surface area contributed by atoms with E-state index < -0.39 is 0 Å². The summed E-state index contributed by atoms with van der Waals surface area (Å²) < 4.78 is 10.2. The molecule has 1 rings (SSSR count). The third-order valence-electron chi connectivity index (χ3n) is 3.54. The van der Waals surface area contributed by atoms with Crippen molar-refractivity contribution in [2.24, 2.45) is 0 Å². The molecule has 102 valence electrons. The van der Waals surface area contributed by atoms with Crippen LogP contribution in [0.4, 0.5) is 0 Å². The minimum Gasteiger partial charge on any atom is -0.391 e. The third-order valence-corrected chi connectivity index (χ3v) is 3.54. The molecule has 0 aromatic carbocycles. The van der Waals surface area contributed by atoms with Gasteiger partial charge in [0.05, 0.1) is 12.7 Å². The van der Waals surface area contributed by atoms with Gasteiger partial charge in [0.1, 0.15) is 0 Å². The Morgan fingerprint density at radius 1 is 1.06 bits per heavy atom. The van der Waals surface area contributed by atoms with Gasteiger partial charge in [-0.3, -0.25) is 4.90 Å². The molecule has 0 saturated heterocycles. The number of methoxy groups -OCH3 is 2. The first-order valence-corrected chi connectivity index (χ1v) is 6.69. The molecule has 0 heterocycles. The largest absolute Gasteiger partial charge is 0.391 e. The SMILES string of the molecule is COCCCN(CCOC)[C@@H]1CCCC[C@H]1O. The van der Waals surface area contributed by atoms with Crippen LogP contribution in [0.3, 0.4) is 0 Å². The molecule has 1 fully saturated rings. The maximum Gasteiger partial charge on any atom is 0.0695 e. The van der Waals surface area contributed by atoms with Gasteiger partial charge in [0.15, 0.2) is 0 Å². The van der Waals surface area contributed by atoms with E-state index >= 15 is 0 Å². The highest BCUT2D eigenvalue weighted by Crippen LogP contribution is 2.23. The van der Waals surface area contributed by atoms with Crippen LogP contribution < -0.4 is 0 Å². The van der Waals surface area contributed by atoms with Crippen molar-refractivity contribution in [1.82, 2.24) is 4.90 Å². The number of rotatable bonds is 8. The predicted octanol–water partition coefficient (Wildman–Crippen LogP) is 1.27. The van der Waals surface area contributed by atoms with Crippen molar-refractivity contribution >= 4 is 0 Å². The van der Waals surface area contributed by atoms with E-state index in [1.54, 1.807) is 14.2 Å². The molecule has 0 aromatic heterocycles. The lowest BCUT2D eigenvalue weighted by molar-refractivity contribution is 0.00561. The van der Waals surface area contributed by atoms with Crippen LogP contribution in [0.5, 0.6) is 0 Å². The van der Waals surface area contributed by atoms with Gasteiger partial charge in [-0.15, -0.1) is 0 Å². The summed E-state index contributed by atoms with van der Waals surface area (Å²) in [5.74, 6) is 0. The number of hydrogen-bond donors (Lipinski definition) is 1. The van der Waals surface area contributed by atoms with Gasteiger partial charge in [0, 0.05) is 40.0 Å². The topological polar surface area (TPSA) is 41.9 Å². The molecule has 1 aliphatic carbocycles. The monoisotopic (exact) mass is 245 g/mol. The predicted molar refractivity (Wildman–Crippen MR) is 68.2 cm³/mol. The van der Waals surface area contributed by atoms with E-state index in [2.05, 4.69) is 4.90 Å².